The van der Waals surface area contributed by atoms with E-state index in [1.165, 1.54) is 21.5 Å². The molecule has 1 aromatic heterocycles. The Labute approximate surface area is 112 Å². The molecule has 5 heteroatoms. The van der Waals surface area contributed by atoms with Crippen LogP contribution < -0.4 is 6.07 Å². The van der Waals surface area contributed by atoms with Crippen molar-refractivity contribution < 1.29 is 0 Å². The molecule has 3 rings (SSSR count). The van der Waals surface area contributed by atoms with E-state index in [9.17, 15) is 0 Å². The third-order valence-corrected chi connectivity index (χ3v) is 6.42. The number of halogens is 2. The van der Waals surface area contributed by atoms with Gasteiger partial charge in [0.2, 0.25) is 0 Å². The van der Waals surface area contributed by atoms with Gasteiger partial charge in [0.05, 0.1) is 0 Å². The van der Waals surface area contributed by atoms with Crippen LogP contribution in [0.3, 0.4) is 0 Å². The minimum atomic E-state index is -0.340. The number of aromatic nitrogens is 1. The molecule has 0 saturated carbocycles. The Bertz CT molecular complexity index is 725. The molecular weight excluding hydrogens is 568 g/mol. The quantitative estimate of drug-likeness (QED) is 0.421. The van der Waals surface area contributed by atoms with E-state index < -0.39 is 0 Å². The molecule has 17 heavy (non-hydrogen) atoms. The summed E-state index contributed by atoms with van der Waals surface area (Å²) in [4.78, 5) is 4.65. The summed E-state index contributed by atoms with van der Waals surface area (Å²) in [7, 11) is 0. The first-order valence-corrected chi connectivity index (χ1v) is 10.2. The average Bonchev–Trinajstić information content (AvgIpc) is 2.69. The molecule has 95 valence electrons. The molecule has 1 nitrogen and oxygen atoms in total. The zero-order valence-electron chi connectivity index (χ0n) is 8.68. The van der Waals surface area contributed by atoms with E-state index in [4.69, 9.17) is 12.4 Å². The van der Waals surface area contributed by atoms with Gasteiger partial charge in [-0.05, 0) is 0 Å². The predicted molar refractivity (Wildman–Crippen MR) is 75.1 cm³/mol. The summed E-state index contributed by atoms with van der Waals surface area (Å²) in [6.07, 6.45) is 0. The van der Waals surface area contributed by atoms with Crippen LogP contribution >= 0.6 is 39.7 Å². The summed E-state index contributed by atoms with van der Waals surface area (Å²) >= 11 is 11.5. The second kappa shape index (κ2) is 3.69. The van der Waals surface area contributed by atoms with Gasteiger partial charge in [-0.1, -0.05) is 0 Å². The second-order valence-corrected chi connectivity index (χ2v) is 8.15. The Kier molecular flexibility index (Phi) is 2.28. The van der Waals surface area contributed by atoms with E-state index in [0.29, 0.717) is 0 Å². The van der Waals surface area contributed by atoms with Gasteiger partial charge in [0.15, 0.2) is 0 Å². The third-order valence-electron chi connectivity index (χ3n) is 2.53. The van der Waals surface area contributed by atoms with Crippen LogP contribution in [0.15, 0.2) is 28.7 Å². The van der Waals surface area contributed by atoms with Crippen molar-refractivity contribution in [3.05, 3.63) is 33.7 Å². The van der Waals surface area contributed by atoms with Crippen molar-refractivity contribution >= 4 is 66.7 Å². The summed E-state index contributed by atoms with van der Waals surface area (Å²) in [6, 6.07) is 9.67. The van der Waals surface area contributed by atoms with Gasteiger partial charge in [0.1, 0.15) is 0 Å². The van der Waals surface area contributed by atoms with Crippen LogP contribution in [0.4, 0.5) is 0 Å². The topological polar surface area (TPSA) is 12.9 Å². The van der Waals surface area contributed by atoms with Gasteiger partial charge in [-0.15, -0.1) is 0 Å². The fourth-order valence-corrected chi connectivity index (χ4v) is 5.31. The Morgan fingerprint density at radius 1 is 1.41 bits per heavy atom. The maximum atomic E-state index is 6.12. The summed E-state index contributed by atoms with van der Waals surface area (Å²) in [5, 5.41) is 3.52. The molecule has 1 heterocycles. The van der Waals surface area contributed by atoms with Gasteiger partial charge >= 0.3 is 112 Å². The first kappa shape index (κ1) is 10.5. The van der Waals surface area contributed by atoms with Crippen molar-refractivity contribution in [2.45, 2.75) is 6.92 Å². The molecule has 0 unspecified atom stereocenters. The van der Waals surface area contributed by atoms with E-state index in [0.717, 1.165) is 15.0 Å². The molecule has 0 spiro atoms. The standard InChI is InChI=1S/C12H7BrNS.ClH.Lr/c1-7-14-12-9-5-3-2-4-8(9)10(13)6-11(12)15-7;;/h2-4,6H,1H3;1H;/q;;+1/p-1. The van der Waals surface area contributed by atoms with Gasteiger partial charge in [0.25, 0.3) is 0 Å². The van der Waals surface area contributed by atoms with Crippen LogP contribution in [0.1, 0.15) is 5.01 Å². The van der Waals surface area contributed by atoms with Crippen LogP contribution in [0, 0.1) is 6.92 Å². The van der Waals surface area contributed by atoms with E-state index in [2.05, 4.69) is 45.2 Å². The number of fused-ring (bicyclic) bond motifs is 3. The van der Waals surface area contributed by atoms with Gasteiger partial charge in [0, 0.05) is 0 Å². The van der Waals surface area contributed by atoms with E-state index in [1.54, 1.807) is 11.3 Å². The number of aryl methyl sites for hydroxylation is 1. The van der Waals surface area contributed by atoms with Crippen molar-refractivity contribution in [2.24, 2.45) is 0 Å². The van der Waals surface area contributed by atoms with Crippen LogP contribution in [0.25, 0.3) is 21.0 Å². The van der Waals surface area contributed by atoms with Crippen molar-refractivity contribution in [3.8, 4) is 0 Å². The SMILES string of the molecule is Cc1nc2c(cc(Br)c3ccc[c]([Lr][Cl])c32)s1. The average molecular weight is 575 g/mol. The molecule has 0 amide bonds. The van der Waals surface area contributed by atoms with Crippen molar-refractivity contribution in [3.63, 3.8) is 0 Å². The number of benzene rings is 2. The zero-order chi connectivity index (χ0) is 12.0. The molecule has 0 aliphatic heterocycles. The number of hydrogen-bond donors (Lipinski definition) is 0. The normalized spacial score (nSPS) is 11.0. The van der Waals surface area contributed by atoms with E-state index in [-0.39, 0.29) is 0 Å². The molecule has 0 aliphatic rings. The Morgan fingerprint density at radius 3 is 3.00 bits per heavy atom. The molecule has 0 atom stereocenters. The van der Waals surface area contributed by atoms with Crippen molar-refractivity contribution in [2.75, 3.05) is 0 Å². The number of hydrogen-bond acceptors (Lipinski definition) is 2. The van der Waals surface area contributed by atoms with Crippen LogP contribution in [0.5, 0.6) is 0 Å². The van der Waals surface area contributed by atoms with Gasteiger partial charge in [-0.2, -0.15) is 0 Å². The molecule has 0 aliphatic carbocycles. The summed E-state index contributed by atoms with van der Waals surface area (Å²) < 4.78 is 2.01. The summed E-state index contributed by atoms with van der Waals surface area (Å²) in [5.74, 6) is 0. The molecule has 3 aromatic rings. The Balaban J connectivity index is 2.60. The summed E-state index contributed by atoms with van der Waals surface area (Å²) in [5.41, 5.74) is 1.10. The first-order chi connectivity index (χ1) is 8.20. The molecule has 0 fully saturated rings. The second-order valence-electron chi connectivity index (χ2n) is 3.58. The van der Waals surface area contributed by atoms with E-state index >= 15 is 0 Å². The number of rotatable bonds is 1. The third kappa shape index (κ3) is 1.49. The molecule has 0 saturated heterocycles. The van der Waals surface area contributed by atoms with Crippen molar-refractivity contribution in [1.29, 1.82) is 0 Å². The number of nitrogens with zero attached hydrogens (tertiary/aromatic N) is 1. The molecule has 2 aromatic carbocycles. The molecule has 0 N–H and O–H groups in total. The van der Waals surface area contributed by atoms with Gasteiger partial charge in [-0.3, -0.25) is 0 Å². The van der Waals surface area contributed by atoms with Gasteiger partial charge < -0.3 is 0 Å². The zero-order valence-corrected chi connectivity index (χ0v) is 14.0. The number of thiazole rings is 1. The predicted octanol–water partition coefficient (Wildman–Crippen LogP) is 4.38. The first-order valence-electron chi connectivity index (χ1n) is 4.84. The molecule has 0 bridgehead atoms. The Hall–Kier alpha value is -1.64. The fraction of sp³-hybridized carbons (Fsp3) is 0.0833. The Morgan fingerprint density at radius 2 is 2.24 bits per heavy atom. The van der Waals surface area contributed by atoms with E-state index in [1.807, 2.05) is 6.92 Å². The van der Waals surface area contributed by atoms with Gasteiger partial charge in [-0.25, -0.2) is 0 Å². The van der Waals surface area contributed by atoms with Crippen LogP contribution in [-0.4, -0.2) is 4.98 Å². The fourth-order valence-electron chi connectivity index (χ4n) is 1.88. The molecular formula is C12H7BrClLrNS. The minimum absolute atomic E-state index is 0.340. The summed E-state index contributed by atoms with van der Waals surface area (Å²) in [6.45, 7) is 2.04. The van der Waals surface area contributed by atoms with Crippen LogP contribution in [0.2, 0.25) is 0 Å². The van der Waals surface area contributed by atoms with Crippen molar-refractivity contribution in [1.82, 2.24) is 4.98 Å². The maximum absolute atomic E-state index is 6.12. The van der Waals surface area contributed by atoms with Crippen LogP contribution in [-0.2, 0) is 0 Å². The monoisotopic (exact) mass is 573 g/mol. The molecule has 0 radical (unpaired) electrons.